The van der Waals surface area contributed by atoms with E-state index in [0.29, 0.717) is 28.2 Å². The largest absolute Gasteiger partial charge is 0.497 e. The SMILES string of the molecule is COc1ccc2cc(C(=O)OC(C)C(=O)N(CCC#N)c3ccccc3)c(C)nc2c1. The predicted octanol–water partition coefficient (Wildman–Crippen LogP) is 4.04. The van der Waals surface area contributed by atoms with Crippen LogP contribution in [0.2, 0.25) is 0 Å². The first-order valence-corrected chi connectivity index (χ1v) is 9.84. The van der Waals surface area contributed by atoms with E-state index < -0.39 is 18.0 Å². The van der Waals surface area contributed by atoms with Gasteiger partial charge in [-0.3, -0.25) is 9.78 Å². The monoisotopic (exact) mass is 417 g/mol. The van der Waals surface area contributed by atoms with Crippen LogP contribution in [0.25, 0.3) is 10.9 Å². The van der Waals surface area contributed by atoms with E-state index in [9.17, 15) is 9.59 Å². The lowest BCUT2D eigenvalue weighted by atomic mass is 10.1. The van der Waals surface area contributed by atoms with Gasteiger partial charge in [-0.15, -0.1) is 0 Å². The molecule has 0 fully saturated rings. The van der Waals surface area contributed by atoms with Gasteiger partial charge in [0, 0.05) is 23.7 Å². The molecule has 1 heterocycles. The van der Waals surface area contributed by atoms with Gasteiger partial charge >= 0.3 is 5.97 Å². The number of nitriles is 1. The first-order valence-electron chi connectivity index (χ1n) is 9.84. The van der Waals surface area contributed by atoms with Crippen molar-refractivity contribution in [3.05, 3.63) is 65.9 Å². The number of carbonyl (C=O) groups is 2. The van der Waals surface area contributed by atoms with E-state index in [1.807, 2.05) is 18.2 Å². The molecule has 0 saturated heterocycles. The molecule has 0 aliphatic heterocycles. The Bertz CT molecular complexity index is 1140. The minimum absolute atomic E-state index is 0.165. The molecule has 7 heteroatoms. The topological polar surface area (TPSA) is 92.5 Å². The van der Waals surface area contributed by atoms with Crippen LogP contribution in [0.5, 0.6) is 5.75 Å². The molecule has 0 saturated carbocycles. The number of amides is 1. The molecule has 1 unspecified atom stereocenters. The van der Waals surface area contributed by atoms with Crippen molar-refractivity contribution in [2.75, 3.05) is 18.6 Å². The second-order valence-electron chi connectivity index (χ2n) is 6.96. The summed E-state index contributed by atoms with van der Waals surface area (Å²) in [5.41, 5.74) is 2.13. The smallest absolute Gasteiger partial charge is 0.340 e. The molecule has 0 bridgehead atoms. The van der Waals surface area contributed by atoms with E-state index in [-0.39, 0.29) is 13.0 Å². The van der Waals surface area contributed by atoms with Crippen LogP contribution >= 0.6 is 0 Å². The maximum atomic E-state index is 13.0. The number of hydrogen-bond donors (Lipinski definition) is 0. The standard InChI is InChI=1S/C24H23N3O4/c1-16-21(14-18-10-11-20(30-3)15-22(18)26-16)24(29)31-17(2)23(28)27(13-7-12-25)19-8-5-4-6-9-19/h4-6,8-11,14-15,17H,7,13H2,1-3H3. The molecule has 0 aliphatic carbocycles. The zero-order valence-corrected chi connectivity index (χ0v) is 17.7. The van der Waals surface area contributed by atoms with E-state index in [1.54, 1.807) is 56.5 Å². The van der Waals surface area contributed by atoms with Crippen LogP contribution in [0.4, 0.5) is 5.69 Å². The van der Waals surface area contributed by atoms with Crippen LogP contribution in [0.1, 0.15) is 29.4 Å². The lowest BCUT2D eigenvalue weighted by molar-refractivity contribution is -0.126. The second kappa shape index (κ2) is 9.72. The Morgan fingerprint density at radius 1 is 1.16 bits per heavy atom. The van der Waals surface area contributed by atoms with Crippen LogP contribution in [0.3, 0.4) is 0 Å². The number of aryl methyl sites for hydroxylation is 1. The lowest BCUT2D eigenvalue weighted by Gasteiger charge is -2.25. The minimum atomic E-state index is -1.03. The summed E-state index contributed by atoms with van der Waals surface area (Å²) in [5.74, 6) is -0.352. The van der Waals surface area contributed by atoms with Gasteiger partial charge < -0.3 is 14.4 Å². The molecule has 3 rings (SSSR count). The highest BCUT2D eigenvalue weighted by Crippen LogP contribution is 2.23. The van der Waals surface area contributed by atoms with Gasteiger partial charge in [0.2, 0.25) is 0 Å². The van der Waals surface area contributed by atoms with E-state index in [2.05, 4.69) is 4.98 Å². The number of para-hydroxylation sites is 1. The number of carbonyl (C=O) groups excluding carboxylic acids is 2. The second-order valence-corrected chi connectivity index (χ2v) is 6.96. The summed E-state index contributed by atoms with van der Waals surface area (Å²) in [6.45, 7) is 3.45. The number of esters is 1. The number of hydrogen-bond acceptors (Lipinski definition) is 6. The summed E-state index contributed by atoms with van der Waals surface area (Å²) in [6, 6.07) is 18.1. The van der Waals surface area contributed by atoms with Gasteiger partial charge in [-0.05, 0) is 44.2 Å². The molecule has 1 atom stereocenters. The van der Waals surface area contributed by atoms with Crippen molar-refractivity contribution in [2.24, 2.45) is 0 Å². The fraction of sp³-hybridized carbons (Fsp3) is 0.250. The number of pyridine rings is 1. The van der Waals surface area contributed by atoms with Crippen LogP contribution in [-0.2, 0) is 9.53 Å². The summed E-state index contributed by atoms with van der Waals surface area (Å²) in [4.78, 5) is 31.7. The van der Waals surface area contributed by atoms with E-state index in [1.165, 1.54) is 11.8 Å². The maximum Gasteiger partial charge on any atom is 0.340 e. The summed E-state index contributed by atoms with van der Waals surface area (Å²) < 4.78 is 10.7. The molecular formula is C24H23N3O4. The average Bonchev–Trinajstić information content (AvgIpc) is 2.78. The molecule has 158 valence electrons. The van der Waals surface area contributed by atoms with E-state index >= 15 is 0 Å². The molecule has 0 radical (unpaired) electrons. The molecule has 0 aliphatic rings. The number of anilines is 1. The van der Waals surface area contributed by atoms with Gasteiger partial charge in [0.15, 0.2) is 6.10 Å². The van der Waals surface area contributed by atoms with Gasteiger partial charge in [0.1, 0.15) is 5.75 Å². The number of aromatic nitrogens is 1. The zero-order chi connectivity index (χ0) is 22.4. The highest BCUT2D eigenvalue weighted by Gasteiger charge is 2.26. The number of benzene rings is 2. The summed E-state index contributed by atoms with van der Waals surface area (Å²) >= 11 is 0. The van der Waals surface area contributed by atoms with Crippen LogP contribution < -0.4 is 9.64 Å². The van der Waals surface area contributed by atoms with Gasteiger partial charge in [0.05, 0.1) is 36.4 Å². The summed E-state index contributed by atoms with van der Waals surface area (Å²) in [5, 5.41) is 9.70. The Hall–Kier alpha value is -3.92. The van der Waals surface area contributed by atoms with Crippen molar-refractivity contribution in [1.82, 2.24) is 4.98 Å². The van der Waals surface area contributed by atoms with E-state index in [0.717, 1.165) is 5.39 Å². The fourth-order valence-corrected chi connectivity index (χ4v) is 3.21. The highest BCUT2D eigenvalue weighted by molar-refractivity contribution is 6.00. The van der Waals surface area contributed by atoms with Crippen molar-refractivity contribution >= 4 is 28.5 Å². The molecule has 0 spiro atoms. The van der Waals surface area contributed by atoms with Gasteiger partial charge in [-0.2, -0.15) is 5.26 Å². The summed E-state index contributed by atoms with van der Waals surface area (Å²) in [7, 11) is 1.58. The number of ether oxygens (including phenoxy) is 2. The molecule has 7 nitrogen and oxygen atoms in total. The predicted molar refractivity (Wildman–Crippen MR) is 117 cm³/mol. The Morgan fingerprint density at radius 3 is 2.58 bits per heavy atom. The number of methoxy groups -OCH3 is 1. The fourth-order valence-electron chi connectivity index (χ4n) is 3.21. The Morgan fingerprint density at radius 2 is 1.90 bits per heavy atom. The number of fused-ring (bicyclic) bond motifs is 1. The first kappa shape index (κ1) is 21.8. The number of rotatable bonds is 7. The quantitative estimate of drug-likeness (QED) is 0.539. The molecular weight excluding hydrogens is 394 g/mol. The van der Waals surface area contributed by atoms with Crippen LogP contribution in [0.15, 0.2) is 54.6 Å². The minimum Gasteiger partial charge on any atom is -0.497 e. The molecule has 3 aromatic rings. The Kier molecular flexibility index (Phi) is 6.83. The van der Waals surface area contributed by atoms with Crippen molar-refractivity contribution in [2.45, 2.75) is 26.4 Å². The van der Waals surface area contributed by atoms with Gasteiger partial charge in [-0.25, -0.2) is 4.79 Å². The van der Waals surface area contributed by atoms with Gasteiger partial charge in [0.25, 0.3) is 5.91 Å². The molecule has 2 aromatic carbocycles. The third-order valence-electron chi connectivity index (χ3n) is 4.85. The van der Waals surface area contributed by atoms with Crippen molar-refractivity contribution in [3.63, 3.8) is 0 Å². The average molecular weight is 417 g/mol. The molecule has 1 amide bonds. The molecule has 31 heavy (non-hydrogen) atoms. The van der Waals surface area contributed by atoms with Crippen molar-refractivity contribution in [1.29, 1.82) is 5.26 Å². The first-order chi connectivity index (χ1) is 14.9. The Labute approximate surface area is 180 Å². The van der Waals surface area contributed by atoms with E-state index in [4.69, 9.17) is 14.7 Å². The molecule has 1 aromatic heterocycles. The maximum absolute atomic E-state index is 13.0. The van der Waals surface area contributed by atoms with Gasteiger partial charge in [-0.1, -0.05) is 18.2 Å². The third kappa shape index (κ3) is 4.98. The van der Waals surface area contributed by atoms with Crippen LogP contribution in [-0.4, -0.2) is 36.6 Å². The normalized spacial score (nSPS) is 11.4. The lowest BCUT2D eigenvalue weighted by Crippen LogP contribution is -2.40. The zero-order valence-electron chi connectivity index (χ0n) is 17.7. The molecule has 0 N–H and O–H groups in total. The van der Waals surface area contributed by atoms with Crippen molar-refractivity contribution < 1.29 is 19.1 Å². The van der Waals surface area contributed by atoms with Crippen LogP contribution in [0, 0.1) is 18.3 Å². The Balaban J connectivity index is 1.80. The summed E-state index contributed by atoms with van der Waals surface area (Å²) in [6.07, 6.45) is -0.865. The number of nitrogens with zero attached hydrogens (tertiary/aromatic N) is 3. The third-order valence-corrected chi connectivity index (χ3v) is 4.85. The highest BCUT2D eigenvalue weighted by atomic mass is 16.5. The van der Waals surface area contributed by atoms with Crippen molar-refractivity contribution in [3.8, 4) is 11.8 Å².